The predicted octanol–water partition coefficient (Wildman–Crippen LogP) is 4.57. The molecule has 2 aliphatic rings. The van der Waals surface area contributed by atoms with E-state index in [1.54, 1.807) is 19.1 Å². The normalized spacial score (nSPS) is 19.9. The summed E-state index contributed by atoms with van der Waals surface area (Å²) in [5, 5.41) is 20.9. The Balaban J connectivity index is 1.40. The summed E-state index contributed by atoms with van der Waals surface area (Å²) in [5.74, 6) is 1.21. The van der Waals surface area contributed by atoms with Crippen molar-refractivity contribution in [3.63, 3.8) is 0 Å². The van der Waals surface area contributed by atoms with Crippen molar-refractivity contribution >= 4 is 5.78 Å². The van der Waals surface area contributed by atoms with Gasteiger partial charge >= 0.3 is 0 Å². The Morgan fingerprint density at radius 3 is 2.63 bits per heavy atom. The third-order valence-electron chi connectivity index (χ3n) is 7.41. The second-order valence-electron chi connectivity index (χ2n) is 11.1. The number of hydrogen-bond acceptors (Lipinski definition) is 7. The Morgan fingerprint density at radius 1 is 1.21 bits per heavy atom. The molecule has 200 valence electrons. The highest BCUT2D eigenvalue weighted by atomic mass is 16.5. The molecule has 2 atom stereocenters. The number of fused-ring (bicyclic) bond motifs is 1. The van der Waals surface area contributed by atoms with Crippen molar-refractivity contribution < 1.29 is 24.5 Å². The lowest BCUT2D eigenvalue weighted by Crippen LogP contribution is -2.35. The summed E-state index contributed by atoms with van der Waals surface area (Å²) in [6, 6.07) is 15.2. The number of hydrogen-bond donors (Lipinski definition) is 3. The summed E-state index contributed by atoms with van der Waals surface area (Å²) in [6.07, 6.45) is 2.98. The Labute approximate surface area is 223 Å². The van der Waals surface area contributed by atoms with Crippen molar-refractivity contribution in [2.45, 2.75) is 70.1 Å². The van der Waals surface area contributed by atoms with Gasteiger partial charge in [-0.3, -0.25) is 4.79 Å². The van der Waals surface area contributed by atoms with Gasteiger partial charge in [0.2, 0.25) is 0 Å². The zero-order valence-electron chi connectivity index (χ0n) is 22.3. The lowest BCUT2D eigenvalue weighted by Gasteiger charge is -2.25. The van der Waals surface area contributed by atoms with Crippen LogP contribution in [0.3, 0.4) is 0 Å². The standard InChI is InChI=1S/C31H36N2O5/c1-19-4-6-21(7-5-19)28-29-24(30(2,32)18-37-29)17-27(33-28)31(3,36)14-12-25(35)22-9-8-20(13-15-34)26(16-22)38-23-10-11-23/h4-9,16-17,23,34,36H,10-15,18,32H2,1-3H3. The number of aromatic nitrogens is 1. The molecule has 7 nitrogen and oxygen atoms in total. The van der Waals surface area contributed by atoms with E-state index >= 15 is 0 Å². The van der Waals surface area contributed by atoms with Gasteiger partial charge in [0.05, 0.1) is 17.3 Å². The minimum absolute atomic E-state index is 0.0163. The quantitative estimate of drug-likeness (QED) is 0.338. The van der Waals surface area contributed by atoms with Gasteiger partial charge in [0.1, 0.15) is 23.7 Å². The molecule has 3 aromatic rings. The molecule has 0 radical (unpaired) electrons. The van der Waals surface area contributed by atoms with Gasteiger partial charge < -0.3 is 25.4 Å². The van der Waals surface area contributed by atoms with E-state index in [1.807, 2.05) is 50.2 Å². The van der Waals surface area contributed by atoms with Gasteiger partial charge in [0, 0.05) is 29.7 Å². The van der Waals surface area contributed by atoms with Crippen LogP contribution < -0.4 is 15.2 Å². The maximum Gasteiger partial charge on any atom is 0.163 e. The molecule has 1 aliphatic heterocycles. The second-order valence-corrected chi connectivity index (χ2v) is 11.1. The molecule has 1 saturated carbocycles. The van der Waals surface area contributed by atoms with Crippen LogP contribution in [-0.2, 0) is 17.6 Å². The first-order valence-electron chi connectivity index (χ1n) is 13.3. The third-order valence-corrected chi connectivity index (χ3v) is 7.41. The third kappa shape index (κ3) is 5.46. The van der Waals surface area contributed by atoms with Gasteiger partial charge in [0.25, 0.3) is 0 Å². The van der Waals surface area contributed by atoms with E-state index in [-0.39, 0.29) is 31.3 Å². The number of nitrogens with two attached hydrogens (primary N) is 1. The minimum atomic E-state index is -1.37. The molecule has 0 bridgehead atoms. The minimum Gasteiger partial charge on any atom is -0.490 e. The molecule has 2 unspecified atom stereocenters. The highest BCUT2D eigenvalue weighted by molar-refractivity contribution is 5.96. The molecule has 1 aliphatic carbocycles. The molecule has 2 heterocycles. The molecule has 7 heteroatoms. The molecular formula is C31H36N2O5. The number of aliphatic hydroxyl groups excluding tert-OH is 1. The number of aryl methyl sites for hydroxylation is 1. The lowest BCUT2D eigenvalue weighted by atomic mass is 9.88. The zero-order valence-corrected chi connectivity index (χ0v) is 22.3. The largest absolute Gasteiger partial charge is 0.490 e. The van der Waals surface area contributed by atoms with E-state index in [0.717, 1.165) is 35.1 Å². The zero-order chi connectivity index (χ0) is 27.1. The number of ether oxygens (including phenoxy) is 2. The van der Waals surface area contributed by atoms with Crippen LogP contribution >= 0.6 is 0 Å². The fraction of sp³-hybridized carbons (Fsp3) is 0.419. The molecule has 0 saturated heterocycles. The fourth-order valence-electron chi connectivity index (χ4n) is 4.75. The molecule has 1 aromatic heterocycles. The van der Waals surface area contributed by atoms with E-state index < -0.39 is 11.1 Å². The van der Waals surface area contributed by atoms with E-state index in [2.05, 4.69) is 0 Å². The smallest absolute Gasteiger partial charge is 0.163 e. The van der Waals surface area contributed by atoms with E-state index in [0.29, 0.717) is 41.5 Å². The van der Waals surface area contributed by atoms with Crippen molar-refractivity contribution in [3.05, 3.63) is 76.5 Å². The monoisotopic (exact) mass is 516 g/mol. The van der Waals surface area contributed by atoms with Gasteiger partial charge in [0.15, 0.2) is 11.5 Å². The van der Waals surface area contributed by atoms with Crippen LogP contribution in [0.1, 0.15) is 72.3 Å². The number of Topliss-reactive ketones (excluding diaryl/α,β-unsaturated/α-hetero) is 1. The first-order chi connectivity index (χ1) is 18.1. The number of carbonyl (C=O) groups is 1. The van der Waals surface area contributed by atoms with Crippen molar-refractivity contribution in [1.29, 1.82) is 0 Å². The van der Waals surface area contributed by atoms with Crippen LogP contribution in [0.15, 0.2) is 48.5 Å². The molecule has 2 aromatic carbocycles. The van der Waals surface area contributed by atoms with Crippen molar-refractivity contribution in [3.8, 4) is 22.8 Å². The van der Waals surface area contributed by atoms with Gasteiger partial charge in [-0.05, 0) is 64.2 Å². The number of rotatable bonds is 10. The molecule has 5 rings (SSSR count). The maximum atomic E-state index is 13.2. The van der Waals surface area contributed by atoms with Gasteiger partial charge in [-0.15, -0.1) is 0 Å². The first-order valence-corrected chi connectivity index (χ1v) is 13.3. The number of ketones is 1. The average Bonchev–Trinajstić information content (AvgIpc) is 3.65. The molecule has 38 heavy (non-hydrogen) atoms. The summed E-state index contributed by atoms with van der Waals surface area (Å²) in [5.41, 5.74) is 9.78. The molecular weight excluding hydrogens is 480 g/mol. The van der Waals surface area contributed by atoms with E-state index in [4.69, 9.17) is 20.2 Å². The Hall–Kier alpha value is -3.26. The first kappa shape index (κ1) is 26.4. The summed E-state index contributed by atoms with van der Waals surface area (Å²) in [4.78, 5) is 18.0. The predicted molar refractivity (Wildman–Crippen MR) is 145 cm³/mol. The van der Waals surface area contributed by atoms with Crippen LogP contribution in [-0.4, -0.2) is 40.3 Å². The summed E-state index contributed by atoms with van der Waals surface area (Å²) in [7, 11) is 0. The molecule has 0 amide bonds. The van der Waals surface area contributed by atoms with Crippen molar-refractivity contribution in [2.24, 2.45) is 5.73 Å². The van der Waals surface area contributed by atoms with Crippen LogP contribution in [0.25, 0.3) is 11.3 Å². The van der Waals surface area contributed by atoms with Crippen LogP contribution in [0, 0.1) is 6.92 Å². The van der Waals surface area contributed by atoms with Crippen LogP contribution in [0.2, 0.25) is 0 Å². The second kappa shape index (κ2) is 10.1. The Morgan fingerprint density at radius 2 is 1.95 bits per heavy atom. The topological polar surface area (TPSA) is 115 Å². The summed E-state index contributed by atoms with van der Waals surface area (Å²) < 4.78 is 12.0. The maximum absolute atomic E-state index is 13.2. The van der Waals surface area contributed by atoms with Gasteiger partial charge in [-0.25, -0.2) is 4.98 Å². The highest BCUT2D eigenvalue weighted by Crippen LogP contribution is 2.44. The molecule has 1 fully saturated rings. The number of nitrogens with zero attached hydrogens (tertiary/aromatic N) is 1. The number of aliphatic hydroxyl groups is 2. The molecule has 0 spiro atoms. The van der Waals surface area contributed by atoms with Gasteiger partial charge in [-0.1, -0.05) is 42.0 Å². The van der Waals surface area contributed by atoms with Crippen molar-refractivity contribution in [1.82, 2.24) is 4.98 Å². The number of carbonyl (C=O) groups excluding carboxylic acids is 1. The van der Waals surface area contributed by atoms with Crippen LogP contribution in [0.4, 0.5) is 0 Å². The summed E-state index contributed by atoms with van der Waals surface area (Å²) >= 11 is 0. The molecule has 4 N–H and O–H groups in total. The number of pyridine rings is 1. The van der Waals surface area contributed by atoms with E-state index in [9.17, 15) is 15.0 Å². The SMILES string of the molecule is Cc1ccc(-c2nc(C(C)(O)CCC(=O)c3ccc(CCO)c(OC4CC4)c3)cc3c2OCC3(C)N)cc1. The van der Waals surface area contributed by atoms with Gasteiger partial charge in [-0.2, -0.15) is 0 Å². The van der Waals surface area contributed by atoms with Crippen LogP contribution in [0.5, 0.6) is 11.5 Å². The van der Waals surface area contributed by atoms with Crippen molar-refractivity contribution in [2.75, 3.05) is 13.2 Å². The number of benzene rings is 2. The summed E-state index contributed by atoms with van der Waals surface area (Å²) in [6.45, 7) is 5.95. The Kier molecular flexibility index (Phi) is 7.03. The lowest BCUT2D eigenvalue weighted by molar-refractivity contribution is 0.0396. The average molecular weight is 517 g/mol. The fourth-order valence-corrected chi connectivity index (χ4v) is 4.75. The van der Waals surface area contributed by atoms with E-state index in [1.165, 1.54) is 0 Å². The highest BCUT2D eigenvalue weighted by Gasteiger charge is 2.38. The Bertz CT molecular complexity index is 1340.